The highest BCUT2D eigenvalue weighted by molar-refractivity contribution is 7.98. The van der Waals surface area contributed by atoms with Crippen molar-refractivity contribution in [3.05, 3.63) is 65.2 Å². The summed E-state index contributed by atoms with van der Waals surface area (Å²) in [6.07, 6.45) is 0. The number of rotatable bonds is 4. The Morgan fingerprint density at radius 3 is 2.53 bits per heavy atom. The van der Waals surface area contributed by atoms with Gasteiger partial charge >= 0.3 is 0 Å². The molecule has 0 unspecified atom stereocenters. The van der Waals surface area contributed by atoms with E-state index in [4.69, 9.17) is 5.11 Å². The standard InChI is InChI=1S/C15H16OS/c1-12-4-2-6-14(8-12)11-17-15-7-3-5-13(9-15)10-16/h2-9,16H,10-11H2,1H3. The van der Waals surface area contributed by atoms with E-state index in [9.17, 15) is 0 Å². The maximum Gasteiger partial charge on any atom is 0.0682 e. The van der Waals surface area contributed by atoms with Crippen LogP contribution in [-0.2, 0) is 12.4 Å². The summed E-state index contributed by atoms with van der Waals surface area (Å²) < 4.78 is 0. The summed E-state index contributed by atoms with van der Waals surface area (Å²) in [7, 11) is 0. The van der Waals surface area contributed by atoms with E-state index in [1.807, 2.05) is 18.2 Å². The first-order valence-electron chi connectivity index (χ1n) is 5.66. The van der Waals surface area contributed by atoms with Gasteiger partial charge in [0.05, 0.1) is 6.61 Å². The second-order valence-corrected chi connectivity index (χ2v) is 5.13. The van der Waals surface area contributed by atoms with E-state index in [2.05, 4.69) is 37.3 Å². The van der Waals surface area contributed by atoms with Crippen LogP contribution < -0.4 is 0 Å². The molecule has 1 nitrogen and oxygen atoms in total. The zero-order valence-corrected chi connectivity index (χ0v) is 10.7. The monoisotopic (exact) mass is 244 g/mol. The van der Waals surface area contributed by atoms with E-state index < -0.39 is 0 Å². The molecule has 0 aliphatic heterocycles. The lowest BCUT2D eigenvalue weighted by atomic mass is 10.2. The van der Waals surface area contributed by atoms with Crippen molar-refractivity contribution in [2.45, 2.75) is 24.2 Å². The van der Waals surface area contributed by atoms with E-state index in [1.165, 1.54) is 16.0 Å². The summed E-state index contributed by atoms with van der Waals surface area (Å²) in [5, 5.41) is 9.07. The normalized spacial score (nSPS) is 10.5. The summed E-state index contributed by atoms with van der Waals surface area (Å²) in [6, 6.07) is 16.6. The predicted octanol–water partition coefficient (Wildman–Crippen LogP) is 3.78. The fraction of sp³-hybridized carbons (Fsp3) is 0.200. The van der Waals surface area contributed by atoms with Crippen molar-refractivity contribution in [3.63, 3.8) is 0 Å². The number of aryl methyl sites for hydroxylation is 1. The van der Waals surface area contributed by atoms with Crippen molar-refractivity contribution in [3.8, 4) is 0 Å². The third-order valence-corrected chi connectivity index (χ3v) is 3.63. The molecule has 0 aliphatic carbocycles. The molecule has 0 atom stereocenters. The molecular formula is C15H16OS. The topological polar surface area (TPSA) is 20.2 Å². The van der Waals surface area contributed by atoms with Crippen molar-refractivity contribution in [1.82, 2.24) is 0 Å². The van der Waals surface area contributed by atoms with Gasteiger partial charge < -0.3 is 5.11 Å². The van der Waals surface area contributed by atoms with E-state index in [0.717, 1.165) is 11.3 Å². The van der Waals surface area contributed by atoms with Crippen molar-refractivity contribution >= 4 is 11.8 Å². The first-order chi connectivity index (χ1) is 8.28. The van der Waals surface area contributed by atoms with Gasteiger partial charge in [-0.2, -0.15) is 0 Å². The summed E-state index contributed by atoms with van der Waals surface area (Å²) in [6.45, 7) is 2.22. The lowest BCUT2D eigenvalue weighted by Gasteiger charge is -2.04. The lowest BCUT2D eigenvalue weighted by Crippen LogP contribution is -1.84. The number of thioether (sulfide) groups is 1. The van der Waals surface area contributed by atoms with Gasteiger partial charge in [0.15, 0.2) is 0 Å². The van der Waals surface area contributed by atoms with Crippen LogP contribution in [0.1, 0.15) is 16.7 Å². The van der Waals surface area contributed by atoms with Crippen LogP contribution in [0.3, 0.4) is 0 Å². The quantitative estimate of drug-likeness (QED) is 0.826. The number of aliphatic hydroxyl groups is 1. The van der Waals surface area contributed by atoms with Gasteiger partial charge in [0, 0.05) is 10.6 Å². The lowest BCUT2D eigenvalue weighted by molar-refractivity contribution is 0.281. The van der Waals surface area contributed by atoms with Crippen molar-refractivity contribution in [2.24, 2.45) is 0 Å². The maximum absolute atomic E-state index is 9.07. The zero-order valence-electron chi connectivity index (χ0n) is 9.89. The second kappa shape index (κ2) is 5.89. The molecule has 2 aromatic rings. The van der Waals surface area contributed by atoms with E-state index in [1.54, 1.807) is 11.8 Å². The first kappa shape index (κ1) is 12.2. The Hall–Kier alpha value is -1.25. The van der Waals surface area contributed by atoms with Gasteiger partial charge in [0.25, 0.3) is 0 Å². The molecule has 88 valence electrons. The Kier molecular flexibility index (Phi) is 4.24. The van der Waals surface area contributed by atoms with Crippen LogP contribution in [-0.4, -0.2) is 5.11 Å². The van der Waals surface area contributed by atoms with Crippen LogP contribution in [0.25, 0.3) is 0 Å². The maximum atomic E-state index is 9.07. The molecule has 0 aromatic heterocycles. The molecule has 2 aromatic carbocycles. The van der Waals surface area contributed by atoms with E-state index in [-0.39, 0.29) is 6.61 Å². The fourth-order valence-corrected chi connectivity index (χ4v) is 2.62. The molecule has 0 saturated carbocycles. The molecule has 2 rings (SSSR count). The summed E-state index contributed by atoms with van der Waals surface area (Å²) in [5.74, 6) is 0.969. The van der Waals surface area contributed by atoms with Gasteiger partial charge in [-0.05, 0) is 30.2 Å². The molecule has 0 spiro atoms. The van der Waals surface area contributed by atoms with Crippen LogP contribution in [0, 0.1) is 6.92 Å². The SMILES string of the molecule is Cc1cccc(CSc2cccc(CO)c2)c1. The van der Waals surface area contributed by atoms with Gasteiger partial charge in [0.1, 0.15) is 0 Å². The molecule has 0 radical (unpaired) electrons. The van der Waals surface area contributed by atoms with E-state index in [0.29, 0.717) is 0 Å². The number of hydrogen-bond donors (Lipinski definition) is 1. The molecular weight excluding hydrogens is 228 g/mol. The Morgan fingerprint density at radius 1 is 1.00 bits per heavy atom. The predicted molar refractivity (Wildman–Crippen MR) is 73.1 cm³/mol. The summed E-state index contributed by atoms with van der Waals surface area (Å²) >= 11 is 1.80. The minimum absolute atomic E-state index is 0.110. The average molecular weight is 244 g/mol. The second-order valence-electron chi connectivity index (χ2n) is 4.08. The van der Waals surface area contributed by atoms with Gasteiger partial charge in [-0.25, -0.2) is 0 Å². The molecule has 0 saturated heterocycles. The zero-order chi connectivity index (χ0) is 12.1. The number of benzene rings is 2. The number of aliphatic hydroxyl groups excluding tert-OH is 1. The smallest absolute Gasteiger partial charge is 0.0682 e. The Labute approximate surface area is 107 Å². The molecule has 0 bridgehead atoms. The molecule has 17 heavy (non-hydrogen) atoms. The highest BCUT2D eigenvalue weighted by atomic mass is 32.2. The third-order valence-electron chi connectivity index (χ3n) is 2.57. The third kappa shape index (κ3) is 3.62. The molecule has 0 fully saturated rings. The Balaban J connectivity index is 2.02. The van der Waals surface area contributed by atoms with Gasteiger partial charge in [-0.1, -0.05) is 42.0 Å². The Morgan fingerprint density at radius 2 is 1.76 bits per heavy atom. The van der Waals surface area contributed by atoms with Crippen LogP contribution >= 0.6 is 11.8 Å². The molecule has 0 amide bonds. The van der Waals surface area contributed by atoms with Crippen LogP contribution in [0.2, 0.25) is 0 Å². The summed E-state index contributed by atoms with van der Waals surface area (Å²) in [5.41, 5.74) is 3.61. The average Bonchev–Trinajstić information content (AvgIpc) is 2.37. The minimum Gasteiger partial charge on any atom is -0.392 e. The molecule has 1 N–H and O–H groups in total. The molecule has 2 heteroatoms. The van der Waals surface area contributed by atoms with Crippen LogP contribution in [0.15, 0.2) is 53.4 Å². The van der Waals surface area contributed by atoms with Crippen molar-refractivity contribution in [2.75, 3.05) is 0 Å². The highest BCUT2D eigenvalue weighted by Crippen LogP contribution is 2.23. The molecule has 0 aliphatic rings. The van der Waals surface area contributed by atoms with Gasteiger partial charge in [-0.3, -0.25) is 0 Å². The van der Waals surface area contributed by atoms with Crippen molar-refractivity contribution < 1.29 is 5.11 Å². The first-order valence-corrected chi connectivity index (χ1v) is 6.64. The van der Waals surface area contributed by atoms with E-state index >= 15 is 0 Å². The van der Waals surface area contributed by atoms with Gasteiger partial charge in [0.2, 0.25) is 0 Å². The van der Waals surface area contributed by atoms with Crippen LogP contribution in [0.4, 0.5) is 0 Å². The Bertz CT molecular complexity index is 494. The highest BCUT2D eigenvalue weighted by Gasteiger charge is 1.98. The fourth-order valence-electron chi connectivity index (χ4n) is 1.70. The van der Waals surface area contributed by atoms with Crippen LogP contribution in [0.5, 0.6) is 0 Å². The van der Waals surface area contributed by atoms with Gasteiger partial charge in [-0.15, -0.1) is 11.8 Å². The largest absolute Gasteiger partial charge is 0.392 e. The minimum atomic E-state index is 0.110. The number of hydrogen-bond acceptors (Lipinski definition) is 2. The molecule has 0 heterocycles. The van der Waals surface area contributed by atoms with Crippen molar-refractivity contribution in [1.29, 1.82) is 0 Å². The summed E-state index contributed by atoms with van der Waals surface area (Å²) in [4.78, 5) is 1.21.